The number of hydrogen-bond acceptors (Lipinski definition) is 49. The highest BCUT2D eigenvalue weighted by Gasteiger charge is 2.17. The number of aliphatic carboxylic acids is 4. The number of hydroxylamine groups is 1. The van der Waals surface area contributed by atoms with Crippen LogP contribution in [0.2, 0.25) is 0 Å². The van der Waals surface area contributed by atoms with E-state index in [1.165, 1.54) is 48.9 Å². The van der Waals surface area contributed by atoms with Gasteiger partial charge in [0.2, 0.25) is 23.6 Å². The molecule has 0 fully saturated rings. The maximum absolute atomic E-state index is 11.8. The predicted octanol–water partition coefficient (Wildman–Crippen LogP) is -18.9. The molecule has 0 aliphatic rings. The maximum atomic E-state index is 11.8. The smallest absolute Gasteiger partial charge is 0.321 e. The molecule has 144 heavy (non-hydrogen) atoms. The molecule has 0 saturated carbocycles. The molecule has 6 atom stereocenters. The number of nitrogens with one attached hydrogen (secondary N) is 16. The molecule has 0 aromatic heterocycles. The van der Waals surface area contributed by atoms with Crippen molar-refractivity contribution >= 4 is 53.4 Å². The van der Waals surface area contributed by atoms with Crippen LogP contribution in [0.15, 0.2) is 48.5 Å². The summed E-state index contributed by atoms with van der Waals surface area (Å²) in [6.45, 7) is 28.8. The van der Waals surface area contributed by atoms with Crippen molar-refractivity contribution in [2.45, 2.75) is 152 Å². The second kappa shape index (κ2) is 126. The molecule has 2 rings (SSSR count). The van der Waals surface area contributed by atoms with Crippen molar-refractivity contribution in [1.82, 2.24) is 85.2 Å². The summed E-state index contributed by atoms with van der Waals surface area (Å²) < 4.78 is 0. The van der Waals surface area contributed by atoms with Crippen LogP contribution < -0.4 is 245 Å². The van der Waals surface area contributed by atoms with Gasteiger partial charge >= 0.3 is 11.9 Å². The Balaban J connectivity index is -0.000000202. The number of rotatable bonds is 79. The van der Waals surface area contributed by atoms with Crippen LogP contribution >= 0.6 is 0 Å². The van der Waals surface area contributed by atoms with E-state index in [-0.39, 0.29) is 74.9 Å². The predicted molar refractivity (Wildman–Crippen MR) is 572 cm³/mol. The molecule has 2 aromatic rings. The lowest BCUT2D eigenvalue weighted by atomic mass is 9.95. The van der Waals surface area contributed by atoms with Crippen molar-refractivity contribution in [1.29, 1.82) is 0 Å². The molecule has 0 spiro atoms. The Labute approximate surface area is 856 Å². The lowest BCUT2D eigenvalue weighted by Crippen LogP contribution is -2.49. The van der Waals surface area contributed by atoms with E-state index < -0.39 is 54.0 Å². The highest BCUT2D eigenvalue weighted by atomic mass is 16.6. The number of unbranched alkanes of at least 4 members (excludes halogenated alkanes) is 7. The van der Waals surface area contributed by atoms with E-state index in [0.29, 0.717) is 180 Å². The van der Waals surface area contributed by atoms with Gasteiger partial charge < -0.3 is 259 Å². The van der Waals surface area contributed by atoms with Gasteiger partial charge in [0.25, 0.3) is 5.91 Å². The van der Waals surface area contributed by atoms with Gasteiger partial charge in [-0.15, -0.1) is 0 Å². The van der Waals surface area contributed by atoms with Gasteiger partial charge in [0.15, 0.2) is 0 Å². The molecule has 0 bridgehead atoms. The van der Waals surface area contributed by atoms with Gasteiger partial charge in [0.1, 0.15) is 12.1 Å². The summed E-state index contributed by atoms with van der Waals surface area (Å²) in [4.78, 5) is 102. The van der Waals surface area contributed by atoms with Gasteiger partial charge in [0, 0.05) is 266 Å². The zero-order valence-corrected chi connectivity index (χ0v) is 86.3. The van der Waals surface area contributed by atoms with Gasteiger partial charge in [-0.3, -0.25) is 38.4 Å². The fourth-order valence-electron chi connectivity index (χ4n) is 10.1. The third-order valence-electron chi connectivity index (χ3n) is 18.5. The first kappa shape index (κ1) is 154. The molecule has 56 heteroatoms. The molecule has 6 unspecified atom stereocenters. The lowest BCUT2D eigenvalue weighted by Gasteiger charge is -2.18. The summed E-state index contributed by atoms with van der Waals surface area (Å²) in [6.07, 6.45) is 12.8. The topological polar surface area (TPSA) is 1120 Å². The number of nitrogens with two attached hydrogens (primary N) is 26. The molecule has 0 saturated heterocycles. The normalized spacial score (nSPS) is 11.6. The molecule has 2 aromatic carbocycles. The summed E-state index contributed by atoms with van der Waals surface area (Å²) in [7, 11) is 0. The number of amides is 5. The molecule has 852 valence electrons. The molecule has 0 heterocycles. The number of hydrogen-bond donors (Lipinski definition) is 44. The van der Waals surface area contributed by atoms with Gasteiger partial charge in [0.05, 0.1) is 37.7 Å². The van der Waals surface area contributed by atoms with Crippen molar-refractivity contribution in [2.24, 2.45) is 161 Å². The Kier molecular flexibility index (Phi) is 134. The van der Waals surface area contributed by atoms with E-state index in [1.807, 2.05) is 0 Å². The molecule has 56 nitrogen and oxygen atoms in total. The Morgan fingerprint density at radius 3 is 0.875 bits per heavy atom. The fraction of sp³-hybridized carbons (Fsp3) is 0.761. The zero-order chi connectivity index (χ0) is 111. The van der Waals surface area contributed by atoms with Crippen LogP contribution in [0.25, 0.3) is 0 Å². The van der Waals surface area contributed by atoms with Crippen molar-refractivity contribution in [3.05, 3.63) is 70.8 Å². The Hall–Kier alpha value is -7.85. The highest BCUT2D eigenvalue weighted by Crippen LogP contribution is 2.09. The number of carboxylic acid groups (broad SMARTS) is 4. The number of carboxylic acids is 4. The highest BCUT2D eigenvalue weighted by molar-refractivity contribution is 5.94. The van der Waals surface area contributed by atoms with E-state index in [9.17, 15) is 53.4 Å². The quantitative estimate of drug-likeness (QED) is 0.0166. The van der Waals surface area contributed by atoms with Crippen LogP contribution in [-0.4, -0.2) is 369 Å². The van der Waals surface area contributed by atoms with Crippen LogP contribution in [0.4, 0.5) is 0 Å². The Morgan fingerprint density at radius 1 is 0.285 bits per heavy atom. The molecular formula is C88H204N42O14-2. The monoisotopic (exact) mass is 2070 g/mol. The Bertz CT molecular complexity index is 2910. The first-order valence-electron chi connectivity index (χ1n) is 49.5. The van der Waals surface area contributed by atoms with Crippen molar-refractivity contribution in [3.63, 3.8) is 0 Å². The average molecular weight is 2070 g/mol. The van der Waals surface area contributed by atoms with Crippen LogP contribution in [0, 0.1) is 11.8 Å². The van der Waals surface area contributed by atoms with Crippen LogP contribution in [-0.2, 0) is 62.9 Å². The summed E-state index contributed by atoms with van der Waals surface area (Å²) in [6, 6.07) is 9.99. The molecule has 0 aliphatic carbocycles. The second-order valence-corrected chi connectivity index (χ2v) is 31.7. The van der Waals surface area contributed by atoms with Gasteiger partial charge in [-0.25, -0.2) is 5.48 Å². The van der Waals surface area contributed by atoms with Gasteiger partial charge in [-0.2, -0.15) is 0 Å². The van der Waals surface area contributed by atoms with Gasteiger partial charge in [-0.1, -0.05) is 62.1 Å². The largest absolute Gasteiger partial charge is 0.548 e. The van der Waals surface area contributed by atoms with Crippen molar-refractivity contribution in [3.8, 4) is 0 Å². The maximum Gasteiger partial charge on any atom is 0.321 e. The fourth-order valence-corrected chi connectivity index (χ4v) is 10.1. The van der Waals surface area contributed by atoms with E-state index in [2.05, 4.69) is 109 Å². The third-order valence-corrected chi connectivity index (χ3v) is 18.5. The van der Waals surface area contributed by atoms with E-state index >= 15 is 0 Å². The minimum atomic E-state index is -1.50. The average Bonchev–Trinajstić information content (AvgIpc) is 0.883. The Morgan fingerprint density at radius 2 is 0.583 bits per heavy atom. The van der Waals surface area contributed by atoms with E-state index in [1.54, 1.807) is 12.1 Å². The summed E-state index contributed by atoms with van der Waals surface area (Å²) in [5.74, 6) is -5.31. The molecule has 0 radical (unpaired) electrons. The van der Waals surface area contributed by atoms with Crippen molar-refractivity contribution < 1.29 is 68.4 Å². The number of benzene rings is 2. The van der Waals surface area contributed by atoms with Crippen LogP contribution in [0.3, 0.4) is 0 Å². The summed E-state index contributed by atoms with van der Waals surface area (Å²) >= 11 is 0. The number of carbonyl (C=O) groups excluding carboxylic acids is 7. The minimum absolute atomic E-state index is 0.00329. The van der Waals surface area contributed by atoms with E-state index in [4.69, 9.17) is 164 Å². The summed E-state index contributed by atoms with van der Waals surface area (Å²) in [5, 5.41) is 81.9. The molecule has 70 N–H and O–H groups in total. The zero-order valence-electron chi connectivity index (χ0n) is 86.3. The minimum Gasteiger partial charge on any atom is -0.548 e. The lowest BCUT2D eigenvalue weighted by molar-refractivity contribution is -0.308. The summed E-state index contributed by atoms with van der Waals surface area (Å²) in [5.41, 5.74) is 144. The second-order valence-electron chi connectivity index (χ2n) is 31.7. The van der Waals surface area contributed by atoms with Gasteiger partial charge in [-0.05, 0) is 138 Å². The van der Waals surface area contributed by atoms with Crippen molar-refractivity contribution in [2.75, 3.05) is 269 Å². The van der Waals surface area contributed by atoms with Crippen LogP contribution in [0.5, 0.6) is 0 Å². The third kappa shape index (κ3) is 126. The molecule has 5 amide bonds. The number of carbonyl (C=O) groups is 9. The van der Waals surface area contributed by atoms with E-state index in [0.717, 1.165) is 162 Å². The standard InChI is InChI=1S/C14H20N4O6.C12H22N4.2C10H22N4O2.C10H26N4.C7H20N4.4C5H16N4.C5H10N2O4/c15-10(13(20)21)5-17-12(19)9-3-1-8(2-4-9)7-24-18-6-11(16)14(22)23;13-5-7-15-9-11-1-2-12(4-3-11)10-16-8-6-14;11-5-7-13-9(15)3-1-2-4-10(16)14-8-6-12;11-7-9(15)13-5-3-1-2-4-6-14-10(16)8-12;11-5-9-13-7-3-1-2-4-8-14-10-6-12;8-2-6(3-9)1-7(4-10)5-11;6-2-4(8)1-5(9)3-7;3*6-1-3-8-5-9-4-2-7;6-2(4(8)9)1-3(7)5(10)11/h1-4,10-11,18H,5-7,15-16H2,(H,17,19)(H,20,21)(H,22,23);1-4,15-16H,5-10,13-14H2;2*1-8,11-12H2,(H,13,15)(H,14,16);13-14H,1-12H2;6-7H,1-5,8-11H2;4-5H,1-3,6-9H2;3*8-9H,1-7H2;2-3H,1,6-7H2,(H,8,9)(H,10,11)/p-2. The first-order valence-corrected chi connectivity index (χ1v) is 49.5. The first-order chi connectivity index (χ1) is 69.2. The SMILES string of the molecule is NC(CC(N)C(=O)O)C(=O)[O-].NC(CNC(=O)c1ccc(CONCC(N)C(=O)O)cc1)C(=O)[O-].NCC(=O)NCCCCCCNC(=O)CN.NCC(CN)CC(CN)CN.NCC(N)CC(N)CN.NCCNC(=O)CCCCC(=O)NCCN.NCCNCCCCCCNCCN.NCCNCNCCN.NCCNCNCCN.NCCNCNCCN.NCCNCc1ccc(CNCCN)cc1. The molecular weight excluding hydrogens is 1870 g/mol. The molecule has 0 aliphatic heterocycles. The van der Waals surface area contributed by atoms with Crippen LogP contribution in [0.1, 0.15) is 123 Å².